The Bertz CT molecular complexity index is 730. The lowest BCUT2D eigenvalue weighted by Gasteiger charge is -2.22. The van der Waals surface area contributed by atoms with Crippen LogP contribution in [0.5, 0.6) is 0 Å². The lowest BCUT2D eigenvalue weighted by Crippen LogP contribution is -2.21. The molecular weight excluding hydrogens is 279 g/mol. The number of rotatable bonds is 4. The van der Waals surface area contributed by atoms with Crippen molar-refractivity contribution < 1.29 is 4.39 Å². The molecule has 5 heteroatoms. The lowest BCUT2D eigenvalue weighted by atomic mass is 10.1. The maximum atomic E-state index is 14.0. The third-order valence-electron chi connectivity index (χ3n) is 3.61. The highest BCUT2D eigenvalue weighted by molar-refractivity contribution is 5.67. The Morgan fingerprint density at radius 1 is 1.36 bits per heavy atom. The second-order valence-electron chi connectivity index (χ2n) is 5.36. The summed E-state index contributed by atoms with van der Waals surface area (Å²) in [4.78, 5) is 2.24. The maximum absolute atomic E-state index is 14.0. The van der Waals surface area contributed by atoms with Gasteiger partial charge in [0, 0.05) is 42.3 Å². The number of nitrogens with zero attached hydrogens (tertiary/aromatic N) is 3. The van der Waals surface area contributed by atoms with Crippen molar-refractivity contribution in [3.8, 4) is 11.1 Å². The molecule has 114 valence electrons. The third kappa shape index (κ3) is 2.88. The largest absolute Gasteiger partial charge is 0.399 e. The fraction of sp³-hybridized carbons (Fsp3) is 0.235. The minimum absolute atomic E-state index is 0.333. The van der Waals surface area contributed by atoms with Crippen molar-refractivity contribution in [3.05, 3.63) is 54.8 Å². The Balaban J connectivity index is 1.89. The zero-order valence-corrected chi connectivity index (χ0v) is 12.5. The van der Waals surface area contributed by atoms with Crippen molar-refractivity contribution in [2.75, 3.05) is 18.8 Å². The molecule has 4 nitrogen and oxygen atoms in total. The highest BCUT2D eigenvalue weighted by Crippen LogP contribution is 2.25. The second-order valence-corrected chi connectivity index (χ2v) is 5.36. The molecule has 0 fully saturated rings. The summed E-state index contributed by atoms with van der Waals surface area (Å²) in [5.74, 6) is -0.333. The average Bonchev–Trinajstić information content (AvgIpc) is 2.97. The Morgan fingerprint density at radius 2 is 2.23 bits per heavy atom. The molecule has 0 atom stereocenters. The molecule has 1 aliphatic heterocycles. The number of nitrogen functional groups attached to an aromatic ring is 1. The van der Waals surface area contributed by atoms with Crippen molar-refractivity contribution in [2.45, 2.75) is 13.3 Å². The van der Waals surface area contributed by atoms with Gasteiger partial charge < -0.3 is 10.6 Å². The summed E-state index contributed by atoms with van der Waals surface area (Å²) in [6, 6.07) is 4.70. The van der Waals surface area contributed by atoms with Crippen molar-refractivity contribution in [1.82, 2.24) is 14.7 Å². The first-order valence-electron chi connectivity index (χ1n) is 7.40. The van der Waals surface area contributed by atoms with Gasteiger partial charge in [-0.3, -0.25) is 0 Å². The van der Waals surface area contributed by atoms with Gasteiger partial charge in [-0.25, -0.2) is 9.07 Å². The van der Waals surface area contributed by atoms with E-state index in [2.05, 4.69) is 29.2 Å². The minimum atomic E-state index is -0.333. The maximum Gasteiger partial charge on any atom is 0.133 e. The van der Waals surface area contributed by atoms with E-state index in [1.807, 2.05) is 12.3 Å². The number of halogens is 1. The molecule has 0 saturated heterocycles. The summed E-state index contributed by atoms with van der Waals surface area (Å²) in [7, 11) is 0. The van der Waals surface area contributed by atoms with E-state index in [4.69, 9.17) is 5.73 Å². The summed E-state index contributed by atoms with van der Waals surface area (Å²) >= 11 is 0. The number of aromatic nitrogens is 2. The van der Waals surface area contributed by atoms with Gasteiger partial charge in [0.05, 0.1) is 11.9 Å². The molecule has 22 heavy (non-hydrogen) atoms. The Morgan fingerprint density at radius 3 is 3.00 bits per heavy atom. The van der Waals surface area contributed by atoms with Gasteiger partial charge in [0.2, 0.25) is 0 Å². The molecule has 0 amide bonds. The molecular formula is C17H19FN4. The van der Waals surface area contributed by atoms with Crippen molar-refractivity contribution >= 4 is 11.4 Å². The number of benzene rings is 1. The van der Waals surface area contributed by atoms with Crippen LogP contribution in [0.25, 0.3) is 16.8 Å². The van der Waals surface area contributed by atoms with E-state index in [0.29, 0.717) is 11.3 Å². The van der Waals surface area contributed by atoms with Gasteiger partial charge in [0.15, 0.2) is 0 Å². The minimum Gasteiger partial charge on any atom is -0.399 e. The molecule has 2 aromatic rings. The summed E-state index contributed by atoms with van der Waals surface area (Å²) < 4.78 is 15.8. The first-order chi connectivity index (χ1) is 10.7. The standard InChI is InChI=1S/C17H19FN4/c1-2-7-21-8-3-4-15(12-21)22-11-13(10-20-22)16-6-5-14(19)9-17(16)18/h3-6,9-12H,2,7-8,19H2,1H3. The molecule has 0 saturated carbocycles. The molecule has 0 radical (unpaired) electrons. The van der Waals surface area contributed by atoms with Gasteiger partial charge in [-0.1, -0.05) is 13.0 Å². The normalized spacial score (nSPS) is 14.3. The smallest absolute Gasteiger partial charge is 0.133 e. The average molecular weight is 298 g/mol. The number of anilines is 1. The molecule has 0 aliphatic carbocycles. The fourth-order valence-electron chi connectivity index (χ4n) is 2.54. The van der Waals surface area contributed by atoms with E-state index in [0.717, 1.165) is 30.8 Å². The van der Waals surface area contributed by atoms with Crippen LogP contribution in [-0.4, -0.2) is 27.8 Å². The zero-order chi connectivity index (χ0) is 15.5. The Labute approximate surface area is 129 Å². The van der Waals surface area contributed by atoms with E-state index >= 15 is 0 Å². The van der Waals surface area contributed by atoms with Gasteiger partial charge in [0.25, 0.3) is 0 Å². The van der Waals surface area contributed by atoms with E-state index in [1.165, 1.54) is 6.07 Å². The topological polar surface area (TPSA) is 47.1 Å². The third-order valence-corrected chi connectivity index (χ3v) is 3.61. The Kier molecular flexibility index (Phi) is 3.96. The van der Waals surface area contributed by atoms with Crippen LogP contribution in [-0.2, 0) is 0 Å². The van der Waals surface area contributed by atoms with E-state index in [9.17, 15) is 4.39 Å². The predicted molar refractivity (Wildman–Crippen MR) is 87.3 cm³/mol. The van der Waals surface area contributed by atoms with E-state index in [1.54, 1.807) is 23.0 Å². The van der Waals surface area contributed by atoms with Crippen molar-refractivity contribution in [1.29, 1.82) is 0 Å². The number of hydrogen-bond acceptors (Lipinski definition) is 3. The SMILES string of the molecule is CCCN1C=C(n2cc(-c3ccc(N)cc3F)cn2)C=CC1. The van der Waals surface area contributed by atoms with Crippen LogP contribution in [0.2, 0.25) is 0 Å². The molecule has 0 unspecified atom stereocenters. The molecule has 2 heterocycles. The lowest BCUT2D eigenvalue weighted by molar-refractivity contribution is 0.410. The molecule has 1 aromatic carbocycles. The summed E-state index contributed by atoms with van der Waals surface area (Å²) in [5, 5.41) is 4.35. The zero-order valence-electron chi connectivity index (χ0n) is 12.5. The van der Waals surface area contributed by atoms with Crippen LogP contribution in [0.1, 0.15) is 13.3 Å². The molecule has 3 rings (SSSR count). The van der Waals surface area contributed by atoms with E-state index < -0.39 is 0 Å². The monoisotopic (exact) mass is 298 g/mol. The van der Waals surface area contributed by atoms with Crippen LogP contribution in [0, 0.1) is 5.82 Å². The quantitative estimate of drug-likeness (QED) is 0.881. The van der Waals surface area contributed by atoms with Crippen LogP contribution in [0.4, 0.5) is 10.1 Å². The molecule has 0 bridgehead atoms. The van der Waals surface area contributed by atoms with Crippen LogP contribution in [0.15, 0.2) is 48.9 Å². The number of nitrogens with two attached hydrogens (primary N) is 1. The number of allylic oxidation sites excluding steroid dienone is 2. The van der Waals surface area contributed by atoms with Gasteiger partial charge in [-0.2, -0.15) is 5.10 Å². The highest BCUT2D eigenvalue weighted by atomic mass is 19.1. The molecule has 1 aliphatic rings. The summed E-state index contributed by atoms with van der Waals surface area (Å²) in [5.41, 5.74) is 8.22. The first kappa shape index (κ1) is 14.4. The van der Waals surface area contributed by atoms with Crippen LogP contribution < -0.4 is 5.73 Å². The summed E-state index contributed by atoms with van der Waals surface area (Å²) in [6.45, 7) is 4.08. The van der Waals surface area contributed by atoms with Gasteiger partial charge >= 0.3 is 0 Å². The Hall–Kier alpha value is -2.56. The van der Waals surface area contributed by atoms with Crippen LogP contribution >= 0.6 is 0 Å². The van der Waals surface area contributed by atoms with Gasteiger partial charge in [-0.15, -0.1) is 0 Å². The van der Waals surface area contributed by atoms with Gasteiger partial charge in [-0.05, 0) is 30.7 Å². The summed E-state index contributed by atoms with van der Waals surface area (Å²) in [6.07, 6.45) is 10.8. The van der Waals surface area contributed by atoms with Gasteiger partial charge in [0.1, 0.15) is 5.82 Å². The molecule has 2 N–H and O–H groups in total. The second kappa shape index (κ2) is 6.05. The van der Waals surface area contributed by atoms with Crippen molar-refractivity contribution in [3.63, 3.8) is 0 Å². The fourth-order valence-corrected chi connectivity index (χ4v) is 2.54. The highest BCUT2D eigenvalue weighted by Gasteiger charge is 2.11. The predicted octanol–water partition coefficient (Wildman–Crippen LogP) is 3.35. The molecule has 1 aromatic heterocycles. The van der Waals surface area contributed by atoms with Crippen LogP contribution in [0.3, 0.4) is 0 Å². The van der Waals surface area contributed by atoms with E-state index in [-0.39, 0.29) is 5.82 Å². The number of hydrogen-bond donors (Lipinski definition) is 1. The first-order valence-corrected chi connectivity index (χ1v) is 7.40. The molecule has 0 spiro atoms. The van der Waals surface area contributed by atoms with Crippen molar-refractivity contribution in [2.24, 2.45) is 0 Å².